The number of isocyanates is 1. The minimum absolute atomic E-state index is 0.00616. The summed E-state index contributed by atoms with van der Waals surface area (Å²) in [5.41, 5.74) is 0.164. The van der Waals surface area contributed by atoms with Gasteiger partial charge in [-0.25, -0.2) is 9.18 Å². The van der Waals surface area contributed by atoms with Crippen LogP contribution in [0, 0.1) is 5.82 Å². The van der Waals surface area contributed by atoms with Gasteiger partial charge in [0.05, 0.1) is 6.61 Å². The monoisotopic (exact) mass is 181 g/mol. The van der Waals surface area contributed by atoms with E-state index in [2.05, 4.69) is 4.99 Å². The summed E-state index contributed by atoms with van der Waals surface area (Å²) >= 11 is 0. The molecular weight excluding hydrogens is 173 g/mol. The number of aliphatic imine (C=N–C) groups is 1. The fraction of sp³-hybridized carbons (Fsp3) is 0.222. The maximum absolute atomic E-state index is 13.0. The SMILES string of the molecule is CCOc1c(F)cccc1N=C=O. The van der Waals surface area contributed by atoms with Crippen molar-refractivity contribution in [2.75, 3.05) is 6.61 Å². The number of hydrogen-bond acceptors (Lipinski definition) is 3. The highest BCUT2D eigenvalue weighted by Gasteiger charge is 2.07. The maximum Gasteiger partial charge on any atom is 0.240 e. The first kappa shape index (κ1) is 9.42. The van der Waals surface area contributed by atoms with Crippen molar-refractivity contribution in [3.8, 4) is 5.75 Å². The zero-order chi connectivity index (χ0) is 9.68. The van der Waals surface area contributed by atoms with Gasteiger partial charge in [-0.2, -0.15) is 4.99 Å². The van der Waals surface area contributed by atoms with Crippen LogP contribution in [0.5, 0.6) is 5.75 Å². The van der Waals surface area contributed by atoms with E-state index in [9.17, 15) is 9.18 Å². The molecule has 0 bridgehead atoms. The smallest absolute Gasteiger partial charge is 0.240 e. The molecule has 0 atom stereocenters. The molecule has 68 valence electrons. The number of hydrogen-bond donors (Lipinski definition) is 0. The Morgan fingerprint density at radius 2 is 2.38 bits per heavy atom. The molecule has 0 aliphatic carbocycles. The largest absolute Gasteiger partial charge is 0.489 e. The molecule has 0 saturated heterocycles. The third-order valence-electron chi connectivity index (χ3n) is 1.40. The van der Waals surface area contributed by atoms with E-state index >= 15 is 0 Å². The van der Waals surface area contributed by atoms with Gasteiger partial charge in [-0.15, -0.1) is 0 Å². The van der Waals surface area contributed by atoms with Crippen molar-refractivity contribution in [1.29, 1.82) is 0 Å². The Balaban J connectivity index is 3.16. The average molecular weight is 181 g/mol. The first-order valence-corrected chi connectivity index (χ1v) is 3.78. The molecule has 0 aliphatic rings. The molecule has 4 heteroatoms. The molecule has 1 aromatic carbocycles. The van der Waals surface area contributed by atoms with Gasteiger partial charge in [-0.1, -0.05) is 6.07 Å². The van der Waals surface area contributed by atoms with Crippen molar-refractivity contribution >= 4 is 11.8 Å². The normalized spacial score (nSPS) is 9.08. The zero-order valence-electron chi connectivity index (χ0n) is 7.08. The predicted octanol–water partition coefficient (Wildman–Crippen LogP) is 2.19. The molecule has 3 nitrogen and oxygen atoms in total. The van der Waals surface area contributed by atoms with Gasteiger partial charge < -0.3 is 4.74 Å². The maximum atomic E-state index is 13.0. The molecule has 1 rings (SSSR count). The lowest BCUT2D eigenvalue weighted by Gasteiger charge is -2.05. The predicted molar refractivity (Wildman–Crippen MR) is 45.4 cm³/mol. The third kappa shape index (κ3) is 2.13. The molecule has 13 heavy (non-hydrogen) atoms. The summed E-state index contributed by atoms with van der Waals surface area (Å²) in [6.07, 6.45) is 1.34. The molecule has 0 radical (unpaired) electrons. The van der Waals surface area contributed by atoms with Crippen LogP contribution >= 0.6 is 0 Å². The highest BCUT2D eigenvalue weighted by atomic mass is 19.1. The summed E-state index contributed by atoms with van der Waals surface area (Å²) in [7, 11) is 0. The van der Waals surface area contributed by atoms with E-state index in [0.29, 0.717) is 6.61 Å². The highest BCUT2D eigenvalue weighted by molar-refractivity contribution is 5.57. The quantitative estimate of drug-likeness (QED) is 0.529. The fourth-order valence-electron chi connectivity index (χ4n) is 0.922. The number of para-hydroxylation sites is 1. The molecule has 0 aliphatic heterocycles. The van der Waals surface area contributed by atoms with Crippen molar-refractivity contribution in [3.63, 3.8) is 0 Å². The zero-order valence-corrected chi connectivity index (χ0v) is 7.08. The summed E-state index contributed by atoms with van der Waals surface area (Å²) in [6.45, 7) is 2.04. The molecule has 1 aromatic rings. The Labute approximate surface area is 74.9 Å². The Bertz CT molecular complexity index is 345. The third-order valence-corrected chi connectivity index (χ3v) is 1.40. The second-order valence-electron chi connectivity index (χ2n) is 2.22. The Hall–Kier alpha value is -1.67. The summed E-state index contributed by atoms with van der Waals surface area (Å²) in [6, 6.07) is 4.18. The van der Waals surface area contributed by atoms with Crippen LogP contribution in [-0.4, -0.2) is 12.7 Å². The van der Waals surface area contributed by atoms with Crippen LogP contribution < -0.4 is 4.74 Å². The summed E-state index contributed by atoms with van der Waals surface area (Å²) < 4.78 is 18.0. The molecule has 0 aromatic heterocycles. The molecule has 0 unspecified atom stereocenters. The standard InChI is InChI=1S/C9H8FNO2/c1-2-13-9-7(10)4-3-5-8(9)11-6-12/h3-5H,2H2,1H3. The lowest BCUT2D eigenvalue weighted by Crippen LogP contribution is -1.94. The summed E-state index contributed by atoms with van der Waals surface area (Å²) in [5, 5.41) is 0. The van der Waals surface area contributed by atoms with E-state index < -0.39 is 5.82 Å². The molecule has 0 fully saturated rings. The van der Waals surface area contributed by atoms with E-state index in [1.165, 1.54) is 24.3 Å². The number of carbonyl (C=O) groups excluding carboxylic acids is 1. The lowest BCUT2D eigenvalue weighted by atomic mass is 10.3. The van der Waals surface area contributed by atoms with Crippen molar-refractivity contribution in [2.24, 2.45) is 4.99 Å². The van der Waals surface area contributed by atoms with Crippen molar-refractivity contribution in [2.45, 2.75) is 6.92 Å². The van der Waals surface area contributed by atoms with Gasteiger partial charge in [-0.05, 0) is 19.1 Å². The van der Waals surface area contributed by atoms with Crippen LogP contribution in [0.25, 0.3) is 0 Å². The van der Waals surface area contributed by atoms with Gasteiger partial charge in [0.2, 0.25) is 6.08 Å². The van der Waals surface area contributed by atoms with E-state index in [0.717, 1.165) is 0 Å². The topological polar surface area (TPSA) is 38.7 Å². The summed E-state index contributed by atoms with van der Waals surface area (Å²) in [5.74, 6) is -0.535. The van der Waals surface area contributed by atoms with Crippen LogP contribution in [0.15, 0.2) is 23.2 Å². The van der Waals surface area contributed by atoms with E-state index in [-0.39, 0.29) is 11.4 Å². The van der Waals surface area contributed by atoms with Gasteiger partial charge in [0.25, 0.3) is 0 Å². The van der Waals surface area contributed by atoms with Gasteiger partial charge in [-0.3, -0.25) is 0 Å². The van der Waals surface area contributed by atoms with Crippen LogP contribution in [0.3, 0.4) is 0 Å². The van der Waals surface area contributed by atoms with Crippen molar-refractivity contribution < 1.29 is 13.9 Å². The number of nitrogens with zero attached hydrogens (tertiary/aromatic N) is 1. The van der Waals surface area contributed by atoms with Crippen molar-refractivity contribution in [1.82, 2.24) is 0 Å². The molecule has 0 heterocycles. The van der Waals surface area contributed by atoms with Gasteiger partial charge in [0.1, 0.15) is 5.69 Å². The van der Waals surface area contributed by atoms with Crippen molar-refractivity contribution in [3.05, 3.63) is 24.0 Å². The molecule has 0 spiro atoms. The minimum atomic E-state index is -0.529. The molecule has 0 amide bonds. The van der Waals surface area contributed by atoms with E-state index in [1.807, 2.05) is 0 Å². The number of benzene rings is 1. The summed E-state index contributed by atoms with van der Waals surface area (Å²) in [4.78, 5) is 13.3. The average Bonchev–Trinajstić information content (AvgIpc) is 2.11. The second-order valence-corrected chi connectivity index (χ2v) is 2.22. The fourth-order valence-corrected chi connectivity index (χ4v) is 0.922. The first-order chi connectivity index (χ1) is 6.29. The molecule has 0 saturated carbocycles. The Kier molecular flexibility index (Phi) is 3.17. The Morgan fingerprint density at radius 1 is 1.62 bits per heavy atom. The molecular formula is C9H8FNO2. The second kappa shape index (κ2) is 4.38. The van der Waals surface area contributed by atoms with Crippen LogP contribution in [0.1, 0.15) is 6.92 Å². The van der Waals surface area contributed by atoms with Crippen LogP contribution in [0.4, 0.5) is 10.1 Å². The first-order valence-electron chi connectivity index (χ1n) is 3.78. The van der Waals surface area contributed by atoms with Crippen LogP contribution in [0.2, 0.25) is 0 Å². The number of ether oxygens (including phenoxy) is 1. The van der Waals surface area contributed by atoms with E-state index in [1.54, 1.807) is 6.92 Å². The van der Waals surface area contributed by atoms with Gasteiger partial charge in [0.15, 0.2) is 11.6 Å². The number of halogens is 1. The lowest BCUT2D eigenvalue weighted by molar-refractivity contribution is 0.323. The Morgan fingerprint density at radius 3 is 3.00 bits per heavy atom. The van der Waals surface area contributed by atoms with Crippen LogP contribution in [-0.2, 0) is 4.79 Å². The van der Waals surface area contributed by atoms with Gasteiger partial charge in [0, 0.05) is 0 Å². The molecule has 0 N–H and O–H groups in total. The number of rotatable bonds is 3. The van der Waals surface area contributed by atoms with E-state index in [4.69, 9.17) is 4.74 Å². The minimum Gasteiger partial charge on any atom is -0.489 e. The highest BCUT2D eigenvalue weighted by Crippen LogP contribution is 2.29. The van der Waals surface area contributed by atoms with Gasteiger partial charge >= 0.3 is 0 Å².